The molecule has 3 aromatic rings. The Morgan fingerprint density at radius 3 is 2.44 bits per heavy atom. The molecule has 2 amide bonds. The van der Waals surface area contributed by atoms with Gasteiger partial charge in [-0.1, -0.05) is 18.2 Å². The van der Waals surface area contributed by atoms with Crippen LogP contribution in [-0.2, 0) is 16.0 Å². The quantitative estimate of drug-likeness (QED) is 0.618. The van der Waals surface area contributed by atoms with E-state index in [0.717, 1.165) is 39.0 Å². The molecule has 3 heterocycles. The zero-order chi connectivity index (χ0) is 22.7. The molecule has 0 aliphatic carbocycles. The highest BCUT2D eigenvalue weighted by atomic mass is 32.1. The zero-order valence-corrected chi connectivity index (χ0v) is 19.5. The number of hydrogen-bond donors (Lipinski definition) is 1. The molecule has 0 unspecified atom stereocenters. The summed E-state index contributed by atoms with van der Waals surface area (Å²) in [5.74, 6) is 1.62. The molecule has 1 aromatic carbocycles. The van der Waals surface area contributed by atoms with Crippen molar-refractivity contribution in [3.8, 4) is 10.8 Å². The normalized spacial score (nSPS) is 14.5. The lowest BCUT2D eigenvalue weighted by atomic mass is 10.1. The van der Waals surface area contributed by atoms with Crippen LogP contribution in [0, 0.1) is 20.8 Å². The van der Waals surface area contributed by atoms with Crippen LogP contribution in [0.3, 0.4) is 0 Å². The van der Waals surface area contributed by atoms with Gasteiger partial charge in [0.05, 0.1) is 18.7 Å². The van der Waals surface area contributed by atoms with Crippen molar-refractivity contribution in [2.75, 3.05) is 38.0 Å². The number of thiazole rings is 1. The van der Waals surface area contributed by atoms with Crippen molar-refractivity contribution in [1.29, 1.82) is 0 Å². The van der Waals surface area contributed by atoms with Crippen LogP contribution >= 0.6 is 11.3 Å². The molecule has 1 saturated heterocycles. The van der Waals surface area contributed by atoms with Crippen molar-refractivity contribution in [3.05, 3.63) is 58.3 Å². The summed E-state index contributed by atoms with van der Waals surface area (Å²) in [6.07, 6.45) is 0.281. The van der Waals surface area contributed by atoms with E-state index in [4.69, 9.17) is 4.42 Å². The number of nitrogens with zero attached hydrogens (tertiary/aromatic N) is 3. The Labute approximate surface area is 192 Å². The topological polar surface area (TPSA) is 78.7 Å². The van der Waals surface area contributed by atoms with Gasteiger partial charge in [0, 0.05) is 37.2 Å². The highest BCUT2D eigenvalue weighted by Crippen LogP contribution is 2.26. The van der Waals surface area contributed by atoms with Crippen LogP contribution in [0.2, 0.25) is 0 Å². The van der Waals surface area contributed by atoms with Gasteiger partial charge in [-0.25, -0.2) is 4.98 Å². The molecule has 1 aliphatic heterocycles. The SMILES string of the molecule is Cc1ccc(-c2nc(CC(=O)N3CCN(CC(=O)Nc4c(C)cccc4C)CC3)cs2)o1. The molecule has 1 fully saturated rings. The van der Waals surface area contributed by atoms with E-state index < -0.39 is 0 Å². The number of amides is 2. The molecule has 0 saturated carbocycles. The molecule has 168 valence electrons. The van der Waals surface area contributed by atoms with E-state index in [0.29, 0.717) is 32.7 Å². The summed E-state index contributed by atoms with van der Waals surface area (Å²) >= 11 is 1.49. The smallest absolute Gasteiger partial charge is 0.238 e. The van der Waals surface area contributed by atoms with Crippen LogP contribution in [0.1, 0.15) is 22.6 Å². The molecule has 0 spiro atoms. The van der Waals surface area contributed by atoms with Gasteiger partial charge in [-0.3, -0.25) is 14.5 Å². The maximum absolute atomic E-state index is 12.7. The molecule has 0 radical (unpaired) electrons. The number of carbonyl (C=O) groups excluding carboxylic acids is 2. The van der Waals surface area contributed by atoms with Gasteiger partial charge in [0.1, 0.15) is 5.76 Å². The van der Waals surface area contributed by atoms with E-state index in [1.807, 2.05) is 61.4 Å². The summed E-state index contributed by atoms with van der Waals surface area (Å²) in [6, 6.07) is 9.78. The van der Waals surface area contributed by atoms with E-state index in [2.05, 4.69) is 15.2 Å². The van der Waals surface area contributed by atoms with Crippen molar-refractivity contribution in [2.24, 2.45) is 0 Å². The minimum absolute atomic E-state index is 0.0228. The van der Waals surface area contributed by atoms with Gasteiger partial charge in [0.2, 0.25) is 11.8 Å². The molecule has 0 atom stereocenters. The Kier molecular flexibility index (Phi) is 6.72. The number of anilines is 1. The van der Waals surface area contributed by atoms with E-state index in [-0.39, 0.29) is 18.2 Å². The summed E-state index contributed by atoms with van der Waals surface area (Å²) < 4.78 is 5.61. The molecule has 7 nitrogen and oxygen atoms in total. The number of aryl methyl sites for hydroxylation is 3. The van der Waals surface area contributed by atoms with Gasteiger partial charge >= 0.3 is 0 Å². The number of nitrogens with one attached hydrogen (secondary N) is 1. The highest BCUT2D eigenvalue weighted by Gasteiger charge is 2.23. The molecule has 4 rings (SSSR count). The van der Waals surface area contributed by atoms with Crippen molar-refractivity contribution < 1.29 is 14.0 Å². The van der Waals surface area contributed by atoms with Crippen LogP contribution < -0.4 is 5.32 Å². The predicted octanol–water partition coefficient (Wildman–Crippen LogP) is 3.65. The number of furan rings is 1. The van der Waals surface area contributed by atoms with E-state index in [1.165, 1.54) is 11.3 Å². The van der Waals surface area contributed by atoms with E-state index in [1.54, 1.807) is 0 Å². The van der Waals surface area contributed by atoms with E-state index >= 15 is 0 Å². The van der Waals surface area contributed by atoms with Crippen LogP contribution in [-0.4, -0.2) is 59.3 Å². The Hall–Kier alpha value is -2.97. The third-order valence-corrected chi connectivity index (χ3v) is 6.58. The predicted molar refractivity (Wildman–Crippen MR) is 126 cm³/mol. The third-order valence-electron chi connectivity index (χ3n) is 5.67. The first-order valence-electron chi connectivity index (χ1n) is 10.8. The highest BCUT2D eigenvalue weighted by molar-refractivity contribution is 7.13. The molecule has 1 N–H and O–H groups in total. The Balaban J connectivity index is 1.25. The second-order valence-electron chi connectivity index (χ2n) is 8.20. The largest absolute Gasteiger partial charge is 0.459 e. The van der Waals surface area contributed by atoms with Crippen molar-refractivity contribution in [1.82, 2.24) is 14.8 Å². The fraction of sp³-hybridized carbons (Fsp3) is 0.375. The second-order valence-corrected chi connectivity index (χ2v) is 9.06. The van der Waals surface area contributed by atoms with Gasteiger partial charge in [0.25, 0.3) is 0 Å². The van der Waals surface area contributed by atoms with Gasteiger partial charge in [0.15, 0.2) is 10.8 Å². The maximum Gasteiger partial charge on any atom is 0.238 e. The molecule has 2 aromatic heterocycles. The first-order chi connectivity index (χ1) is 15.4. The second kappa shape index (κ2) is 9.67. The first kappa shape index (κ1) is 22.2. The fourth-order valence-electron chi connectivity index (χ4n) is 3.87. The number of hydrogen-bond acceptors (Lipinski definition) is 6. The fourth-order valence-corrected chi connectivity index (χ4v) is 4.65. The number of benzene rings is 1. The van der Waals surface area contributed by atoms with Crippen LogP contribution in [0.5, 0.6) is 0 Å². The van der Waals surface area contributed by atoms with Crippen molar-refractivity contribution in [2.45, 2.75) is 27.2 Å². The average molecular weight is 453 g/mol. The Morgan fingerprint density at radius 2 is 1.78 bits per heavy atom. The number of carbonyl (C=O) groups is 2. The summed E-state index contributed by atoms with van der Waals surface area (Å²) in [5.41, 5.74) is 3.76. The van der Waals surface area contributed by atoms with Crippen LogP contribution in [0.4, 0.5) is 5.69 Å². The minimum Gasteiger partial charge on any atom is -0.459 e. The first-order valence-corrected chi connectivity index (χ1v) is 11.6. The number of piperazine rings is 1. The van der Waals surface area contributed by atoms with Gasteiger partial charge in [-0.2, -0.15) is 0 Å². The van der Waals surface area contributed by atoms with Crippen LogP contribution in [0.15, 0.2) is 40.1 Å². The maximum atomic E-state index is 12.7. The number of aromatic nitrogens is 1. The number of rotatable bonds is 6. The summed E-state index contributed by atoms with van der Waals surface area (Å²) in [5, 5.41) is 5.74. The van der Waals surface area contributed by atoms with Crippen LogP contribution in [0.25, 0.3) is 10.8 Å². The van der Waals surface area contributed by atoms with Gasteiger partial charge in [-0.05, 0) is 44.0 Å². The minimum atomic E-state index is -0.0228. The third kappa shape index (κ3) is 5.26. The number of para-hydroxylation sites is 1. The molecule has 0 bridgehead atoms. The van der Waals surface area contributed by atoms with Gasteiger partial charge in [-0.15, -0.1) is 11.3 Å². The van der Waals surface area contributed by atoms with E-state index in [9.17, 15) is 9.59 Å². The molecular formula is C24H28N4O3S. The lowest BCUT2D eigenvalue weighted by Gasteiger charge is -2.34. The monoisotopic (exact) mass is 452 g/mol. The summed E-state index contributed by atoms with van der Waals surface area (Å²) in [4.78, 5) is 33.7. The average Bonchev–Trinajstić information content (AvgIpc) is 3.40. The lowest BCUT2D eigenvalue weighted by molar-refractivity contribution is -0.132. The molecule has 1 aliphatic rings. The Bertz CT molecular complexity index is 1090. The summed E-state index contributed by atoms with van der Waals surface area (Å²) in [6.45, 7) is 8.80. The molecule has 8 heteroatoms. The molecule has 32 heavy (non-hydrogen) atoms. The van der Waals surface area contributed by atoms with Gasteiger partial charge < -0.3 is 14.6 Å². The van der Waals surface area contributed by atoms with Crippen molar-refractivity contribution in [3.63, 3.8) is 0 Å². The van der Waals surface area contributed by atoms with Crippen molar-refractivity contribution >= 4 is 28.8 Å². The molecular weight excluding hydrogens is 424 g/mol. The Morgan fingerprint density at radius 1 is 1.06 bits per heavy atom. The zero-order valence-electron chi connectivity index (χ0n) is 18.7. The lowest BCUT2D eigenvalue weighted by Crippen LogP contribution is -2.50. The summed E-state index contributed by atoms with van der Waals surface area (Å²) in [7, 11) is 0. The standard InChI is InChI=1S/C24H28N4O3S/c1-16-5-4-6-17(2)23(16)26-21(29)14-27-9-11-28(12-10-27)22(30)13-19-15-32-24(25-19)20-8-7-18(3)31-20/h4-8,15H,9-14H2,1-3H3,(H,26,29).